The molecule has 0 spiro atoms. The second-order valence-electron chi connectivity index (χ2n) is 14.1. The molecule has 10 nitrogen and oxygen atoms in total. The zero-order valence-corrected chi connectivity index (χ0v) is 27.9. The number of likely N-dealkylation sites (tertiary alicyclic amines) is 2. The van der Waals surface area contributed by atoms with Crippen LogP contribution in [0.5, 0.6) is 0 Å². The van der Waals surface area contributed by atoms with E-state index in [1.54, 1.807) is 14.7 Å². The van der Waals surface area contributed by atoms with Gasteiger partial charge in [-0.15, -0.1) is 0 Å². The number of carbonyl (C=O) groups is 3. The Morgan fingerprint density at radius 3 is 2.20 bits per heavy atom. The molecule has 1 aromatic rings. The molecule has 3 amide bonds. The molecular weight excluding hydrogens is 560 g/mol. The number of rotatable bonds is 11. The average Bonchev–Trinajstić information content (AvgIpc) is 2.96. The number of hydrogen-bond donors (Lipinski definition) is 1. The molecule has 0 radical (unpaired) electrons. The number of piperidine rings is 2. The van der Waals surface area contributed by atoms with Crippen molar-refractivity contribution in [3.8, 4) is 0 Å². The molecule has 3 rings (SSSR count). The van der Waals surface area contributed by atoms with Crippen molar-refractivity contribution in [2.75, 3.05) is 45.8 Å². The van der Waals surface area contributed by atoms with Crippen molar-refractivity contribution in [1.82, 2.24) is 20.0 Å². The first-order chi connectivity index (χ1) is 20.8. The minimum Gasteiger partial charge on any atom is -0.445 e. The lowest BCUT2D eigenvalue weighted by Crippen LogP contribution is -2.52. The van der Waals surface area contributed by atoms with Crippen LogP contribution < -0.4 is 5.32 Å². The van der Waals surface area contributed by atoms with Gasteiger partial charge in [0.2, 0.25) is 0 Å². The summed E-state index contributed by atoms with van der Waals surface area (Å²) >= 11 is 0. The normalized spacial score (nSPS) is 18.1. The van der Waals surface area contributed by atoms with E-state index in [-0.39, 0.29) is 24.3 Å². The zero-order chi connectivity index (χ0) is 32.2. The number of benzene rings is 1. The highest BCUT2D eigenvalue weighted by molar-refractivity contribution is 5.70. The molecule has 0 aromatic heterocycles. The highest BCUT2D eigenvalue weighted by Crippen LogP contribution is 2.23. The Balaban J connectivity index is 1.39. The minimum absolute atomic E-state index is 0.0919. The smallest absolute Gasteiger partial charge is 0.410 e. The molecule has 1 atom stereocenters. The predicted octanol–water partition coefficient (Wildman–Crippen LogP) is 6.43. The predicted molar refractivity (Wildman–Crippen MR) is 171 cm³/mol. The summed E-state index contributed by atoms with van der Waals surface area (Å²) in [5.74, 6) is 0.525. The zero-order valence-electron chi connectivity index (χ0n) is 27.9. The molecule has 44 heavy (non-hydrogen) atoms. The van der Waals surface area contributed by atoms with E-state index in [0.29, 0.717) is 45.2 Å². The summed E-state index contributed by atoms with van der Waals surface area (Å²) < 4.78 is 16.9. The molecule has 0 saturated carbocycles. The van der Waals surface area contributed by atoms with Crippen molar-refractivity contribution >= 4 is 18.3 Å². The molecule has 2 aliphatic rings. The van der Waals surface area contributed by atoms with Gasteiger partial charge in [0.1, 0.15) is 17.8 Å². The SMILES string of the molecule is CC(C)(C)OC(=O)N(CCCCNCC1CCN(C(=O)OCc2ccccc2)CC1)CC1CCCCN1C(=O)OC(C)(C)C. The summed E-state index contributed by atoms with van der Waals surface area (Å²) in [6, 6.07) is 9.65. The third-order valence-corrected chi connectivity index (χ3v) is 7.88. The first-order valence-electron chi connectivity index (χ1n) is 16.4. The van der Waals surface area contributed by atoms with E-state index in [1.807, 2.05) is 71.9 Å². The van der Waals surface area contributed by atoms with Crippen LogP contribution in [0, 0.1) is 5.92 Å². The van der Waals surface area contributed by atoms with Crippen LogP contribution in [0.25, 0.3) is 0 Å². The van der Waals surface area contributed by atoms with Gasteiger partial charge in [-0.05, 0) is 111 Å². The van der Waals surface area contributed by atoms with Crippen LogP contribution in [0.2, 0.25) is 0 Å². The van der Waals surface area contributed by atoms with Gasteiger partial charge in [-0.25, -0.2) is 14.4 Å². The van der Waals surface area contributed by atoms with Crippen LogP contribution in [-0.4, -0.2) is 96.0 Å². The van der Waals surface area contributed by atoms with Gasteiger partial charge in [-0.2, -0.15) is 0 Å². The molecule has 2 aliphatic heterocycles. The second-order valence-corrected chi connectivity index (χ2v) is 14.1. The molecule has 0 bridgehead atoms. The number of hydrogen-bond acceptors (Lipinski definition) is 7. The third kappa shape index (κ3) is 12.9. The lowest BCUT2D eigenvalue weighted by molar-refractivity contribution is -0.00341. The summed E-state index contributed by atoms with van der Waals surface area (Å²) in [5, 5.41) is 3.57. The number of carbonyl (C=O) groups excluding carboxylic acids is 3. The van der Waals surface area contributed by atoms with Gasteiger partial charge in [0, 0.05) is 32.7 Å². The number of amides is 3. The van der Waals surface area contributed by atoms with Gasteiger partial charge in [0.15, 0.2) is 0 Å². The summed E-state index contributed by atoms with van der Waals surface area (Å²) in [6.45, 7) is 16.4. The molecule has 1 N–H and O–H groups in total. The van der Waals surface area contributed by atoms with Gasteiger partial charge in [0.25, 0.3) is 0 Å². The van der Waals surface area contributed by atoms with Crippen LogP contribution >= 0.6 is 0 Å². The standard InChI is InChI=1S/C34H56N4O6/c1-33(2,3)43-31(40)37(25-29-16-10-12-21-38(29)32(41)44-34(4,5)6)20-13-11-19-35-24-27-17-22-36(23-18-27)30(39)42-26-28-14-8-7-9-15-28/h7-9,14-15,27,29,35H,10-13,16-26H2,1-6H3. The minimum atomic E-state index is -0.595. The Morgan fingerprint density at radius 1 is 0.864 bits per heavy atom. The fraction of sp³-hybridized carbons (Fsp3) is 0.735. The lowest BCUT2D eigenvalue weighted by Gasteiger charge is -2.39. The molecule has 248 valence electrons. The number of nitrogens with zero attached hydrogens (tertiary/aromatic N) is 3. The Kier molecular flexibility index (Phi) is 13.6. The van der Waals surface area contributed by atoms with Crippen LogP contribution in [0.3, 0.4) is 0 Å². The largest absolute Gasteiger partial charge is 0.445 e. The van der Waals surface area contributed by atoms with Gasteiger partial charge < -0.3 is 34.2 Å². The Bertz CT molecular complexity index is 1030. The van der Waals surface area contributed by atoms with Gasteiger partial charge in [-0.1, -0.05) is 30.3 Å². The summed E-state index contributed by atoms with van der Waals surface area (Å²) in [7, 11) is 0. The van der Waals surface area contributed by atoms with Crippen LogP contribution in [0.15, 0.2) is 30.3 Å². The van der Waals surface area contributed by atoms with Crippen molar-refractivity contribution in [1.29, 1.82) is 0 Å². The average molecular weight is 617 g/mol. The summed E-state index contributed by atoms with van der Waals surface area (Å²) in [4.78, 5) is 43.9. The fourth-order valence-corrected chi connectivity index (χ4v) is 5.58. The molecule has 0 aliphatic carbocycles. The third-order valence-electron chi connectivity index (χ3n) is 7.88. The molecule has 2 saturated heterocycles. The second kappa shape index (κ2) is 16.9. The van der Waals surface area contributed by atoms with E-state index in [0.717, 1.165) is 63.6 Å². The number of unbranched alkanes of at least 4 members (excludes halogenated alkanes) is 1. The lowest BCUT2D eigenvalue weighted by atomic mass is 9.97. The van der Waals surface area contributed by atoms with E-state index in [1.165, 1.54) is 0 Å². The number of ether oxygens (including phenoxy) is 3. The van der Waals surface area contributed by atoms with Gasteiger partial charge in [-0.3, -0.25) is 0 Å². The first kappa shape index (κ1) is 35.5. The van der Waals surface area contributed by atoms with E-state index < -0.39 is 11.2 Å². The topological polar surface area (TPSA) is 101 Å². The van der Waals surface area contributed by atoms with Crippen molar-refractivity contribution in [2.24, 2.45) is 5.92 Å². The maximum atomic E-state index is 13.2. The quantitative estimate of drug-likeness (QED) is 0.226. The molecule has 10 heteroatoms. The van der Waals surface area contributed by atoms with E-state index >= 15 is 0 Å². The first-order valence-corrected chi connectivity index (χ1v) is 16.4. The van der Waals surface area contributed by atoms with Crippen LogP contribution in [-0.2, 0) is 20.8 Å². The summed E-state index contributed by atoms with van der Waals surface area (Å²) in [6.07, 6.45) is 5.56. The molecule has 1 unspecified atom stereocenters. The van der Waals surface area contributed by atoms with E-state index in [2.05, 4.69) is 5.32 Å². The number of nitrogens with one attached hydrogen (secondary N) is 1. The van der Waals surface area contributed by atoms with Crippen LogP contribution in [0.4, 0.5) is 14.4 Å². The van der Waals surface area contributed by atoms with Crippen molar-refractivity contribution in [3.05, 3.63) is 35.9 Å². The maximum Gasteiger partial charge on any atom is 0.410 e. The van der Waals surface area contributed by atoms with Crippen molar-refractivity contribution in [2.45, 2.75) is 110 Å². The Labute approximate surface area is 264 Å². The van der Waals surface area contributed by atoms with Crippen LogP contribution in [0.1, 0.15) is 92.1 Å². The Hall–Kier alpha value is -3.01. The van der Waals surface area contributed by atoms with Gasteiger partial charge >= 0.3 is 18.3 Å². The summed E-state index contributed by atoms with van der Waals surface area (Å²) in [5.41, 5.74) is -0.170. The monoisotopic (exact) mass is 616 g/mol. The molecule has 2 heterocycles. The van der Waals surface area contributed by atoms with E-state index in [4.69, 9.17) is 14.2 Å². The molecular formula is C34H56N4O6. The molecule has 1 aromatic carbocycles. The Morgan fingerprint density at radius 2 is 1.55 bits per heavy atom. The van der Waals surface area contributed by atoms with E-state index in [9.17, 15) is 14.4 Å². The van der Waals surface area contributed by atoms with Crippen molar-refractivity contribution < 1.29 is 28.6 Å². The highest BCUT2D eigenvalue weighted by atomic mass is 16.6. The van der Waals surface area contributed by atoms with Crippen molar-refractivity contribution in [3.63, 3.8) is 0 Å². The highest BCUT2D eigenvalue weighted by Gasteiger charge is 2.33. The van der Waals surface area contributed by atoms with Gasteiger partial charge in [0.05, 0.1) is 6.04 Å². The fourth-order valence-electron chi connectivity index (χ4n) is 5.58. The molecule has 2 fully saturated rings. The maximum absolute atomic E-state index is 13.2.